The molecule has 0 radical (unpaired) electrons. The minimum atomic E-state index is 0.256. The lowest BCUT2D eigenvalue weighted by Crippen LogP contribution is -2.53. The number of hydrogen-bond acceptors (Lipinski definition) is 3. The average Bonchev–Trinajstić information content (AvgIpc) is 2.27. The molecule has 0 aromatic rings. The summed E-state index contributed by atoms with van der Waals surface area (Å²) in [5, 5.41) is 0. The number of piperazine rings is 1. The maximum Gasteiger partial charge on any atom is 0.236 e. The van der Waals surface area contributed by atoms with Gasteiger partial charge in [-0.2, -0.15) is 0 Å². The molecule has 1 heterocycles. The third-order valence-corrected chi connectivity index (χ3v) is 3.66. The number of likely N-dealkylation sites (N-methyl/N-ethyl adjacent to an activating group) is 1. The Hall–Kier alpha value is -0.610. The molecule has 1 unspecified atom stereocenters. The van der Waals surface area contributed by atoms with E-state index in [2.05, 4.69) is 25.7 Å². The first-order valence-electron chi connectivity index (χ1n) is 6.58. The molecule has 0 N–H and O–H groups in total. The molecule has 0 aromatic heterocycles. The molecule has 1 rings (SSSR count). The Morgan fingerprint density at radius 2 is 1.65 bits per heavy atom. The Morgan fingerprint density at radius 1 is 1.12 bits per heavy atom. The minimum Gasteiger partial charge on any atom is -0.339 e. The summed E-state index contributed by atoms with van der Waals surface area (Å²) in [6.45, 7) is 11.1. The zero-order valence-electron chi connectivity index (χ0n) is 11.9. The van der Waals surface area contributed by atoms with Gasteiger partial charge in [0.05, 0.1) is 6.54 Å². The number of carbonyl (C=O) groups is 1. The van der Waals surface area contributed by atoms with E-state index in [-0.39, 0.29) is 5.91 Å². The smallest absolute Gasteiger partial charge is 0.236 e. The van der Waals surface area contributed by atoms with Crippen LogP contribution in [-0.4, -0.2) is 73.5 Å². The third kappa shape index (κ3) is 4.28. The Bertz CT molecular complexity index is 245. The van der Waals surface area contributed by atoms with Crippen molar-refractivity contribution < 1.29 is 4.79 Å². The largest absolute Gasteiger partial charge is 0.339 e. The molecule has 1 aliphatic heterocycles. The summed E-state index contributed by atoms with van der Waals surface area (Å²) in [7, 11) is 3.88. The van der Waals surface area contributed by atoms with Crippen LogP contribution in [-0.2, 0) is 4.79 Å². The molecule has 100 valence electrons. The summed E-state index contributed by atoms with van der Waals surface area (Å²) in [6, 6.07) is 0.612. The molecule has 0 saturated carbocycles. The second-order valence-electron chi connectivity index (χ2n) is 5.64. The van der Waals surface area contributed by atoms with E-state index >= 15 is 0 Å². The van der Waals surface area contributed by atoms with Crippen LogP contribution in [0.3, 0.4) is 0 Å². The summed E-state index contributed by atoms with van der Waals surface area (Å²) in [6.07, 6.45) is 0. The predicted molar refractivity (Wildman–Crippen MR) is 71.0 cm³/mol. The van der Waals surface area contributed by atoms with Crippen molar-refractivity contribution in [3.63, 3.8) is 0 Å². The maximum absolute atomic E-state index is 11.9. The van der Waals surface area contributed by atoms with E-state index in [0.717, 1.165) is 26.2 Å². The van der Waals surface area contributed by atoms with Crippen LogP contribution in [0, 0.1) is 5.92 Å². The van der Waals surface area contributed by atoms with Gasteiger partial charge in [0.15, 0.2) is 0 Å². The van der Waals surface area contributed by atoms with E-state index in [1.54, 1.807) is 0 Å². The molecule has 1 saturated heterocycles. The van der Waals surface area contributed by atoms with Gasteiger partial charge in [-0.05, 0) is 26.9 Å². The van der Waals surface area contributed by atoms with Crippen LogP contribution in [0.15, 0.2) is 0 Å². The molecule has 4 heteroatoms. The lowest BCUT2D eigenvalue weighted by molar-refractivity contribution is -0.134. The van der Waals surface area contributed by atoms with Crippen molar-refractivity contribution in [2.45, 2.75) is 26.8 Å². The minimum absolute atomic E-state index is 0.256. The standard InChI is InChI=1S/C13H27N3O/c1-11(2)12(3)15-6-8-16(9-7-15)13(17)10-14(4)5/h11-12H,6-10H2,1-5H3. The fourth-order valence-corrected chi connectivity index (χ4v) is 2.17. The van der Waals surface area contributed by atoms with Gasteiger partial charge in [0, 0.05) is 32.2 Å². The Kier molecular flexibility index (Phi) is 5.40. The van der Waals surface area contributed by atoms with Crippen LogP contribution in [0.5, 0.6) is 0 Å². The molecule has 1 aliphatic rings. The summed E-state index contributed by atoms with van der Waals surface area (Å²) in [4.78, 5) is 18.3. The fraction of sp³-hybridized carbons (Fsp3) is 0.923. The first-order valence-corrected chi connectivity index (χ1v) is 6.58. The number of hydrogen-bond donors (Lipinski definition) is 0. The van der Waals surface area contributed by atoms with Crippen molar-refractivity contribution in [3.8, 4) is 0 Å². The van der Waals surface area contributed by atoms with Crippen LogP contribution >= 0.6 is 0 Å². The first-order chi connectivity index (χ1) is 7.91. The highest BCUT2D eigenvalue weighted by Gasteiger charge is 2.25. The second-order valence-corrected chi connectivity index (χ2v) is 5.64. The van der Waals surface area contributed by atoms with Gasteiger partial charge in [0.1, 0.15) is 0 Å². The monoisotopic (exact) mass is 241 g/mol. The predicted octanol–water partition coefficient (Wildman–Crippen LogP) is 0.737. The normalized spacial score (nSPS) is 20.1. The average molecular weight is 241 g/mol. The van der Waals surface area contributed by atoms with Gasteiger partial charge in [0.2, 0.25) is 5.91 Å². The SMILES string of the molecule is CC(C)C(C)N1CCN(C(=O)CN(C)C)CC1. The van der Waals surface area contributed by atoms with E-state index < -0.39 is 0 Å². The highest BCUT2D eigenvalue weighted by atomic mass is 16.2. The van der Waals surface area contributed by atoms with E-state index in [0.29, 0.717) is 18.5 Å². The Balaban J connectivity index is 2.38. The van der Waals surface area contributed by atoms with Crippen molar-refractivity contribution in [2.75, 3.05) is 46.8 Å². The van der Waals surface area contributed by atoms with Crippen LogP contribution in [0.1, 0.15) is 20.8 Å². The molecular weight excluding hydrogens is 214 g/mol. The molecule has 1 atom stereocenters. The molecular formula is C13H27N3O. The van der Waals surface area contributed by atoms with Gasteiger partial charge >= 0.3 is 0 Å². The molecule has 17 heavy (non-hydrogen) atoms. The van der Waals surface area contributed by atoms with Crippen molar-refractivity contribution in [1.82, 2.24) is 14.7 Å². The van der Waals surface area contributed by atoms with Gasteiger partial charge in [-0.15, -0.1) is 0 Å². The molecule has 0 aliphatic carbocycles. The summed E-state index contributed by atoms with van der Waals surface area (Å²) >= 11 is 0. The first kappa shape index (κ1) is 14.5. The molecule has 0 spiro atoms. The van der Waals surface area contributed by atoms with E-state index in [1.807, 2.05) is 23.9 Å². The summed E-state index contributed by atoms with van der Waals surface area (Å²) in [5.74, 6) is 0.936. The summed E-state index contributed by atoms with van der Waals surface area (Å²) < 4.78 is 0. The third-order valence-electron chi connectivity index (χ3n) is 3.66. The zero-order valence-corrected chi connectivity index (χ0v) is 11.9. The van der Waals surface area contributed by atoms with Crippen molar-refractivity contribution in [2.24, 2.45) is 5.92 Å². The molecule has 1 amide bonds. The van der Waals surface area contributed by atoms with E-state index in [4.69, 9.17) is 0 Å². The fourth-order valence-electron chi connectivity index (χ4n) is 2.17. The lowest BCUT2D eigenvalue weighted by Gasteiger charge is -2.39. The van der Waals surface area contributed by atoms with Crippen molar-refractivity contribution in [3.05, 3.63) is 0 Å². The van der Waals surface area contributed by atoms with Gasteiger partial charge in [0.25, 0.3) is 0 Å². The molecule has 4 nitrogen and oxygen atoms in total. The van der Waals surface area contributed by atoms with Crippen LogP contribution in [0.2, 0.25) is 0 Å². The van der Waals surface area contributed by atoms with Crippen molar-refractivity contribution in [1.29, 1.82) is 0 Å². The van der Waals surface area contributed by atoms with Crippen LogP contribution in [0.25, 0.3) is 0 Å². The quantitative estimate of drug-likeness (QED) is 0.726. The van der Waals surface area contributed by atoms with Gasteiger partial charge in [-0.1, -0.05) is 13.8 Å². The van der Waals surface area contributed by atoms with Gasteiger partial charge in [-0.3, -0.25) is 9.69 Å². The molecule has 0 aromatic carbocycles. The molecule has 1 fully saturated rings. The van der Waals surface area contributed by atoms with E-state index in [9.17, 15) is 4.79 Å². The number of carbonyl (C=O) groups excluding carboxylic acids is 1. The van der Waals surface area contributed by atoms with Gasteiger partial charge < -0.3 is 9.80 Å². The van der Waals surface area contributed by atoms with E-state index in [1.165, 1.54) is 0 Å². The number of nitrogens with zero attached hydrogens (tertiary/aromatic N) is 3. The zero-order chi connectivity index (χ0) is 13.0. The Labute approximate surface area is 106 Å². The van der Waals surface area contributed by atoms with Crippen LogP contribution < -0.4 is 0 Å². The summed E-state index contributed by atoms with van der Waals surface area (Å²) in [5.41, 5.74) is 0. The molecule has 0 bridgehead atoms. The van der Waals surface area contributed by atoms with Gasteiger partial charge in [-0.25, -0.2) is 0 Å². The second kappa shape index (κ2) is 6.36. The highest BCUT2D eigenvalue weighted by Crippen LogP contribution is 2.13. The maximum atomic E-state index is 11.9. The van der Waals surface area contributed by atoms with Crippen LogP contribution in [0.4, 0.5) is 0 Å². The number of amides is 1. The lowest BCUT2D eigenvalue weighted by atomic mass is 10.0. The Morgan fingerprint density at radius 3 is 2.06 bits per heavy atom. The number of rotatable bonds is 4. The topological polar surface area (TPSA) is 26.8 Å². The highest BCUT2D eigenvalue weighted by molar-refractivity contribution is 5.78. The van der Waals surface area contributed by atoms with Crippen molar-refractivity contribution >= 4 is 5.91 Å².